The van der Waals surface area contributed by atoms with E-state index >= 15 is 0 Å². The molecule has 3 nitrogen and oxygen atoms in total. The van der Waals surface area contributed by atoms with Crippen LogP contribution in [0, 0.1) is 24.6 Å². The molecule has 1 aliphatic carbocycles. The molecule has 2 aliphatic rings. The molecule has 1 saturated heterocycles. The number of piperidine rings is 1. The molecule has 2 atom stereocenters. The van der Waals surface area contributed by atoms with Gasteiger partial charge < -0.3 is 10.2 Å². The first kappa shape index (κ1) is 15.5. The van der Waals surface area contributed by atoms with Crippen LogP contribution >= 0.6 is 0 Å². The summed E-state index contributed by atoms with van der Waals surface area (Å²) in [5.41, 5.74) is 1.66. The molecule has 1 amide bonds. The molecule has 2 unspecified atom stereocenters. The third-order valence-electron chi connectivity index (χ3n) is 4.95. The van der Waals surface area contributed by atoms with Gasteiger partial charge in [-0.25, -0.2) is 4.39 Å². The summed E-state index contributed by atoms with van der Waals surface area (Å²) in [6, 6.07) is 5.81. The van der Waals surface area contributed by atoms with Crippen molar-refractivity contribution in [2.75, 3.05) is 13.1 Å². The average molecular weight is 304 g/mol. The number of nitrogens with one attached hydrogen (secondary N) is 1. The smallest absolute Gasteiger partial charge is 0.225 e. The van der Waals surface area contributed by atoms with Crippen LogP contribution in [0.4, 0.5) is 4.39 Å². The monoisotopic (exact) mass is 304 g/mol. The average Bonchev–Trinajstić information content (AvgIpc) is 3.33. The highest BCUT2D eigenvalue weighted by atomic mass is 19.1. The number of hydrogen-bond donors (Lipinski definition) is 1. The zero-order valence-electron chi connectivity index (χ0n) is 13.4. The van der Waals surface area contributed by atoms with Gasteiger partial charge in [-0.1, -0.05) is 19.1 Å². The van der Waals surface area contributed by atoms with E-state index in [9.17, 15) is 9.18 Å². The Kier molecular flexibility index (Phi) is 4.48. The zero-order valence-corrected chi connectivity index (χ0v) is 13.4. The number of amides is 1. The molecule has 0 spiro atoms. The Morgan fingerprint density at radius 1 is 1.36 bits per heavy atom. The predicted octanol–water partition coefficient (Wildman–Crippen LogP) is 2.87. The molecule has 1 aliphatic heterocycles. The van der Waals surface area contributed by atoms with Gasteiger partial charge >= 0.3 is 0 Å². The van der Waals surface area contributed by atoms with Crippen molar-refractivity contribution in [3.05, 3.63) is 35.1 Å². The fourth-order valence-corrected chi connectivity index (χ4v) is 3.23. The summed E-state index contributed by atoms with van der Waals surface area (Å²) in [7, 11) is 0. The standard InChI is InChI=1S/C18H25FN2O/c1-12-3-4-14(9-16(12)19)10-20-17-7-8-21(11-13(17)2)18(22)15-5-6-15/h3-4,9,13,15,17,20H,5-8,10-11H2,1-2H3. The Morgan fingerprint density at radius 2 is 2.14 bits per heavy atom. The van der Waals surface area contributed by atoms with Gasteiger partial charge in [0.25, 0.3) is 0 Å². The van der Waals surface area contributed by atoms with Crippen LogP contribution in [0.15, 0.2) is 18.2 Å². The van der Waals surface area contributed by atoms with Gasteiger partial charge in [-0.05, 0) is 49.3 Å². The van der Waals surface area contributed by atoms with Crippen molar-refractivity contribution in [2.45, 2.75) is 45.7 Å². The number of benzene rings is 1. The number of halogens is 1. The van der Waals surface area contributed by atoms with Crippen molar-refractivity contribution in [2.24, 2.45) is 11.8 Å². The van der Waals surface area contributed by atoms with E-state index in [-0.39, 0.29) is 5.82 Å². The lowest BCUT2D eigenvalue weighted by atomic mass is 9.93. The van der Waals surface area contributed by atoms with Crippen LogP contribution in [0.1, 0.15) is 37.3 Å². The molecular formula is C18H25FN2O. The minimum Gasteiger partial charge on any atom is -0.342 e. The fraction of sp³-hybridized carbons (Fsp3) is 0.611. The molecule has 1 aromatic carbocycles. The molecule has 0 bridgehead atoms. The predicted molar refractivity (Wildman–Crippen MR) is 84.8 cm³/mol. The van der Waals surface area contributed by atoms with E-state index in [2.05, 4.69) is 12.2 Å². The van der Waals surface area contributed by atoms with Crippen LogP contribution in [0.5, 0.6) is 0 Å². The molecule has 4 heteroatoms. The number of carbonyl (C=O) groups is 1. The van der Waals surface area contributed by atoms with Crippen LogP contribution in [0.25, 0.3) is 0 Å². The first-order chi connectivity index (χ1) is 10.5. The SMILES string of the molecule is Cc1ccc(CNC2CCN(C(=O)C3CC3)CC2C)cc1F. The molecule has 3 rings (SSSR count). The second kappa shape index (κ2) is 6.37. The van der Waals surface area contributed by atoms with Gasteiger partial charge in [-0.15, -0.1) is 0 Å². The first-order valence-electron chi connectivity index (χ1n) is 8.32. The number of nitrogens with zero attached hydrogens (tertiary/aromatic N) is 1. The Bertz CT molecular complexity index is 556. The molecule has 2 fully saturated rings. The number of carbonyl (C=O) groups excluding carboxylic acids is 1. The van der Waals surface area contributed by atoms with Crippen molar-refractivity contribution in [3.8, 4) is 0 Å². The summed E-state index contributed by atoms with van der Waals surface area (Å²) >= 11 is 0. The Hall–Kier alpha value is -1.42. The molecule has 1 saturated carbocycles. The highest BCUT2D eigenvalue weighted by molar-refractivity contribution is 5.81. The molecule has 1 aromatic rings. The molecule has 0 aromatic heterocycles. The Labute approximate surface area is 131 Å². The molecular weight excluding hydrogens is 279 g/mol. The summed E-state index contributed by atoms with van der Waals surface area (Å²) in [6.45, 7) is 6.35. The maximum Gasteiger partial charge on any atom is 0.225 e. The highest BCUT2D eigenvalue weighted by Gasteiger charge is 2.36. The van der Waals surface area contributed by atoms with Crippen molar-refractivity contribution in [3.63, 3.8) is 0 Å². The second-order valence-electron chi connectivity index (χ2n) is 6.90. The van der Waals surface area contributed by atoms with E-state index in [1.807, 2.05) is 17.0 Å². The third-order valence-corrected chi connectivity index (χ3v) is 4.95. The summed E-state index contributed by atoms with van der Waals surface area (Å²) in [5, 5.41) is 3.53. The van der Waals surface area contributed by atoms with Crippen molar-refractivity contribution < 1.29 is 9.18 Å². The van der Waals surface area contributed by atoms with Crippen molar-refractivity contribution >= 4 is 5.91 Å². The molecule has 0 radical (unpaired) electrons. The van der Waals surface area contributed by atoms with Crippen LogP contribution in [-0.2, 0) is 11.3 Å². The van der Waals surface area contributed by atoms with E-state index in [4.69, 9.17) is 0 Å². The third kappa shape index (κ3) is 3.49. The van der Waals surface area contributed by atoms with E-state index in [1.54, 1.807) is 13.0 Å². The number of rotatable bonds is 4. The second-order valence-corrected chi connectivity index (χ2v) is 6.90. The fourth-order valence-electron chi connectivity index (χ4n) is 3.23. The lowest BCUT2D eigenvalue weighted by Crippen LogP contribution is -2.50. The topological polar surface area (TPSA) is 32.3 Å². The maximum absolute atomic E-state index is 13.6. The van der Waals surface area contributed by atoms with Gasteiger partial charge in [0.2, 0.25) is 5.91 Å². The van der Waals surface area contributed by atoms with Gasteiger partial charge in [0.1, 0.15) is 5.82 Å². The largest absolute Gasteiger partial charge is 0.342 e. The van der Waals surface area contributed by atoms with Crippen LogP contribution in [-0.4, -0.2) is 29.9 Å². The van der Waals surface area contributed by atoms with Crippen LogP contribution in [0.2, 0.25) is 0 Å². The van der Waals surface area contributed by atoms with E-state index in [0.29, 0.717) is 35.9 Å². The summed E-state index contributed by atoms with van der Waals surface area (Å²) in [4.78, 5) is 14.2. The van der Waals surface area contributed by atoms with Gasteiger partial charge in [0.15, 0.2) is 0 Å². The van der Waals surface area contributed by atoms with Crippen molar-refractivity contribution in [1.29, 1.82) is 0 Å². The maximum atomic E-state index is 13.6. The summed E-state index contributed by atoms with van der Waals surface area (Å²) in [5.74, 6) is 0.960. The summed E-state index contributed by atoms with van der Waals surface area (Å²) < 4.78 is 13.6. The first-order valence-corrected chi connectivity index (χ1v) is 8.32. The Morgan fingerprint density at radius 3 is 2.77 bits per heavy atom. The molecule has 22 heavy (non-hydrogen) atoms. The minimum atomic E-state index is -0.141. The quantitative estimate of drug-likeness (QED) is 0.927. The molecule has 120 valence electrons. The van der Waals surface area contributed by atoms with Gasteiger partial charge in [-0.2, -0.15) is 0 Å². The van der Waals surface area contributed by atoms with E-state index in [1.165, 1.54) is 0 Å². The van der Waals surface area contributed by atoms with Crippen molar-refractivity contribution in [1.82, 2.24) is 10.2 Å². The normalized spacial score (nSPS) is 25.3. The lowest BCUT2D eigenvalue weighted by Gasteiger charge is -2.37. The van der Waals surface area contributed by atoms with Crippen LogP contribution < -0.4 is 5.32 Å². The molecule has 1 N–H and O–H groups in total. The number of hydrogen-bond acceptors (Lipinski definition) is 2. The molecule has 1 heterocycles. The minimum absolute atomic E-state index is 0.141. The Balaban J connectivity index is 1.51. The summed E-state index contributed by atoms with van der Waals surface area (Å²) in [6.07, 6.45) is 3.13. The lowest BCUT2D eigenvalue weighted by molar-refractivity contribution is -0.134. The number of likely N-dealkylation sites (tertiary alicyclic amines) is 1. The van der Waals surface area contributed by atoms with E-state index < -0.39 is 0 Å². The zero-order chi connectivity index (χ0) is 15.7. The van der Waals surface area contributed by atoms with E-state index in [0.717, 1.165) is 37.9 Å². The van der Waals surface area contributed by atoms with Crippen LogP contribution in [0.3, 0.4) is 0 Å². The van der Waals surface area contributed by atoms with Gasteiger partial charge in [-0.3, -0.25) is 4.79 Å². The van der Waals surface area contributed by atoms with Gasteiger partial charge in [0.05, 0.1) is 0 Å². The van der Waals surface area contributed by atoms with Gasteiger partial charge in [0, 0.05) is 31.6 Å². The highest BCUT2D eigenvalue weighted by Crippen LogP contribution is 2.32. The number of aryl methyl sites for hydroxylation is 1.